The van der Waals surface area contributed by atoms with Gasteiger partial charge in [-0.1, -0.05) is 0 Å². The lowest BCUT2D eigenvalue weighted by Crippen LogP contribution is -2.12. The molecule has 0 amide bonds. The van der Waals surface area contributed by atoms with E-state index in [1.54, 1.807) is 0 Å². The van der Waals surface area contributed by atoms with Crippen LogP contribution in [0.25, 0.3) is 0 Å². The molecular weight excluding hydrogens is 128 g/mol. The predicted molar refractivity (Wildman–Crippen MR) is 27.5 cm³/mol. The third-order valence-electron chi connectivity index (χ3n) is 1.27. The lowest BCUT2D eigenvalue weighted by Gasteiger charge is -1.92. The van der Waals surface area contributed by atoms with Crippen molar-refractivity contribution in [2.75, 3.05) is 5.75 Å². The van der Waals surface area contributed by atoms with Crippen molar-refractivity contribution in [2.45, 2.75) is 18.3 Å². The van der Waals surface area contributed by atoms with E-state index >= 15 is 0 Å². The third kappa shape index (κ3) is 0.855. The van der Waals surface area contributed by atoms with E-state index in [2.05, 4.69) is 0 Å². The average Bonchev–Trinajstić information content (AvgIpc) is 1.86. The van der Waals surface area contributed by atoms with Crippen LogP contribution in [-0.2, 0) is 14.9 Å². The predicted octanol–water partition coefficient (Wildman–Crippen LogP) is -0.0484. The molecule has 3 nitrogen and oxygen atoms in total. The molecule has 1 aliphatic rings. The number of hydrogen-bond acceptors (Lipinski definition) is 2. The number of sulfone groups is 1. The summed E-state index contributed by atoms with van der Waals surface area (Å²) in [5, 5.41) is 10.4. The highest BCUT2D eigenvalue weighted by Gasteiger charge is 2.30. The lowest BCUT2D eigenvalue weighted by atomic mass is 10.4. The zero-order valence-electron chi connectivity index (χ0n) is 4.33. The summed E-state index contributed by atoms with van der Waals surface area (Å²) in [6.07, 6.45) is 0.860. The molecule has 4 heteroatoms. The lowest BCUT2D eigenvalue weighted by molar-refractivity contribution is 0.154. The van der Waals surface area contributed by atoms with Crippen LogP contribution in [0.1, 0.15) is 12.8 Å². The maximum Gasteiger partial charge on any atom is 0.193 e. The van der Waals surface area contributed by atoms with Crippen molar-refractivity contribution < 1.29 is 13.5 Å². The Morgan fingerprint density at radius 3 is 2.12 bits per heavy atom. The van der Waals surface area contributed by atoms with Crippen molar-refractivity contribution in [2.24, 2.45) is 0 Å². The summed E-state index contributed by atoms with van der Waals surface area (Å²) in [5.74, 6) is 0.0984. The molecule has 1 fully saturated rings. The standard InChI is InChI=1S/C4H7O3S/c5-4-2-1-3-8(4,6)7/h4H,1-3H2. The van der Waals surface area contributed by atoms with Gasteiger partial charge in [0.15, 0.2) is 15.3 Å². The molecule has 0 bridgehead atoms. The molecule has 0 aromatic heterocycles. The molecule has 1 atom stereocenters. The van der Waals surface area contributed by atoms with E-state index in [9.17, 15) is 13.5 Å². The maximum atomic E-state index is 10.4. The van der Waals surface area contributed by atoms with Crippen LogP contribution in [0.3, 0.4) is 0 Å². The van der Waals surface area contributed by atoms with Crippen molar-refractivity contribution >= 4 is 9.84 Å². The second kappa shape index (κ2) is 1.70. The monoisotopic (exact) mass is 135 g/mol. The van der Waals surface area contributed by atoms with E-state index in [0.717, 1.165) is 0 Å². The van der Waals surface area contributed by atoms with Gasteiger partial charge in [0.05, 0.1) is 5.75 Å². The second-order valence-corrected chi connectivity index (χ2v) is 4.20. The van der Waals surface area contributed by atoms with Crippen LogP contribution in [0.2, 0.25) is 0 Å². The SMILES string of the molecule is [O]C1CCCS1(=O)=O. The van der Waals surface area contributed by atoms with Crippen molar-refractivity contribution in [1.29, 1.82) is 0 Å². The van der Waals surface area contributed by atoms with Gasteiger partial charge < -0.3 is 0 Å². The first-order valence-electron chi connectivity index (χ1n) is 2.50. The van der Waals surface area contributed by atoms with Crippen LogP contribution in [-0.4, -0.2) is 19.6 Å². The van der Waals surface area contributed by atoms with Crippen LogP contribution >= 0.6 is 0 Å². The Kier molecular flexibility index (Phi) is 1.28. The molecule has 47 valence electrons. The van der Waals surface area contributed by atoms with Gasteiger partial charge in [0.1, 0.15) is 0 Å². The fourth-order valence-electron chi connectivity index (χ4n) is 0.762. The molecule has 0 aliphatic carbocycles. The highest BCUT2D eigenvalue weighted by Crippen LogP contribution is 2.16. The van der Waals surface area contributed by atoms with Gasteiger partial charge in [-0.2, -0.15) is 0 Å². The Morgan fingerprint density at radius 1 is 1.38 bits per heavy atom. The zero-order valence-corrected chi connectivity index (χ0v) is 5.15. The Bertz CT molecular complexity index is 170. The second-order valence-electron chi connectivity index (χ2n) is 1.94. The molecule has 1 aliphatic heterocycles. The van der Waals surface area contributed by atoms with Gasteiger partial charge in [0.25, 0.3) is 0 Å². The van der Waals surface area contributed by atoms with Gasteiger partial charge in [-0.3, -0.25) is 0 Å². The van der Waals surface area contributed by atoms with Crippen molar-refractivity contribution in [3.63, 3.8) is 0 Å². The molecule has 0 N–H and O–H groups in total. The minimum Gasteiger partial charge on any atom is -0.226 e. The number of rotatable bonds is 0. The maximum absolute atomic E-state index is 10.4. The van der Waals surface area contributed by atoms with E-state index in [0.29, 0.717) is 12.8 Å². The molecule has 1 saturated heterocycles. The van der Waals surface area contributed by atoms with Crippen LogP contribution in [0.5, 0.6) is 0 Å². The van der Waals surface area contributed by atoms with Gasteiger partial charge in [-0.05, 0) is 12.8 Å². The van der Waals surface area contributed by atoms with E-state index in [-0.39, 0.29) is 5.75 Å². The Labute approximate surface area is 48.2 Å². The fourth-order valence-corrected chi connectivity index (χ4v) is 2.12. The molecular formula is C4H7O3S. The van der Waals surface area contributed by atoms with Gasteiger partial charge in [-0.25, -0.2) is 13.5 Å². The summed E-state index contributed by atoms with van der Waals surface area (Å²) in [6.45, 7) is 0. The Hall–Kier alpha value is -0.0900. The zero-order chi connectivity index (χ0) is 6.20. The van der Waals surface area contributed by atoms with Crippen LogP contribution in [0.4, 0.5) is 0 Å². The van der Waals surface area contributed by atoms with Gasteiger partial charge in [-0.15, -0.1) is 0 Å². The van der Waals surface area contributed by atoms with E-state index < -0.39 is 15.3 Å². The highest BCUT2D eigenvalue weighted by molar-refractivity contribution is 7.92. The molecule has 1 rings (SSSR count). The first-order valence-corrected chi connectivity index (χ1v) is 4.22. The largest absolute Gasteiger partial charge is 0.226 e. The summed E-state index contributed by atoms with van der Waals surface area (Å²) >= 11 is 0. The molecule has 0 aromatic rings. The molecule has 8 heavy (non-hydrogen) atoms. The topological polar surface area (TPSA) is 54.0 Å². The van der Waals surface area contributed by atoms with E-state index in [4.69, 9.17) is 0 Å². The van der Waals surface area contributed by atoms with Crippen molar-refractivity contribution in [1.82, 2.24) is 0 Å². The normalized spacial score (nSPS) is 35.4. The van der Waals surface area contributed by atoms with Gasteiger partial charge >= 0.3 is 0 Å². The summed E-state index contributed by atoms with van der Waals surface area (Å²) < 4.78 is 20.9. The molecule has 1 unspecified atom stereocenters. The number of hydrogen-bond donors (Lipinski definition) is 0. The molecule has 0 aromatic carbocycles. The van der Waals surface area contributed by atoms with Gasteiger partial charge in [0.2, 0.25) is 0 Å². The van der Waals surface area contributed by atoms with Crippen LogP contribution in [0.15, 0.2) is 0 Å². The molecule has 1 radical (unpaired) electrons. The quantitative estimate of drug-likeness (QED) is 0.467. The van der Waals surface area contributed by atoms with E-state index in [1.807, 2.05) is 0 Å². The molecule has 0 saturated carbocycles. The summed E-state index contributed by atoms with van der Waals surface area (Å²) in [7, 11) is -3.18. The molecule has 1 heterocycles. The average molecular weight is 135 g/mol. The highest BCUT2D eigenvalue weighted by atomic mass is 32.2. The van der Waals surface area contributed by atoms with E-state index in [1.165, 1.54) is 0 Å². The minimum atomic E-state index is -3.18. The Morgan fingerprint density at radius 2 is 2.00 bits per heavy atom. The summed E-state index contributed by atoms with van der Waals surface area (Å²) in [5.41, 5.74) is -1.32. The van der Waals surface area contributed by atoms with Gasteiger partial charge in [0, 0.05) is 0 Å². The van der Waals surface area contributed by atoms with Crippen LogP contribution in [0, 0.1) is 0 Å². The minimum absolute atomic E-state index is 0.0984. The fraction of sp³-hybridized carbons (Fsp3) is 1.00. The Balaban J connectivity index is 2.85. The third-order valence-corrected chi connectivity index (χ3v) is 3.16. The first kappa shape index (κ1) is 6.04. The van der Waals surface area contributed by atoms with Crippen molar-refractivity contribution in [3.05, 3.63) is 0 Å². The summed E-state index contributed by atoms with van der Waals surface area (Å²) in [6, 6.07) is 0. The van der Waals surface area contributed by atoms with Crippen LogP contribution < -0.4 is 0 Å². The smallest absolute Gasteiger partial charge is 0.193 e. The summed E-state index contributed by atoms with van der Waals surface area (Å²) in [4.78, 5) is 0. The first-order chi connectivity index (χ1) is 3.63. The van der Waals surface area contributed by atoms with Crippen molar-refractivity contribution in [3.8, 4) is 0 Å². The molecule has 0 spiro atoms.